The van der Waals surface area contributed by atoms with Gasteiger partial charge in [-0.3, -0.25) is 0 Å². The zero-order valence-corrected chi connectivity index (χ0v) is 26.2. The summed E-state index contributed by atoms with van der Waals surface area (Å²) >= 11 is 0. The number of benzene rings is 6. The van der Waals surface area contributed by atoms with Gasteiger partial charge in [-0.15, -0.1) is 0 Å². The lowest BCUT2D eigenvalue weighted by Crippen LogP contribution is -2.15. The number of ether oxygens (including phenoxy) is 1. The highest BCUT2D eigenvalue weighted by atomic mass is 16.5. The fraction of sp³-hybridized carbons (Fsp3) is 0.0870. The Bertz CT molecular complexity index is 2680. The van der Waals surface area contributed by atoms with Gasteiger partial charge in [0.2, 0.25) is 0 Å². The van der Waals surface area contributed by atoms with Gasteiger partial charge in [-0.1, -0.05) is 140 Å². The van der Waals surface area contributed by atoms with Crippen molar-refractivity contribution >= 4 is 65.4 Å². The lowest BCUT2D eigenvalue weighted by molar-refractivity contribution is 0.424. The van der Waals surface area contributed by atoms with Crippen LogP contribution in [0.4, 0.5) is 0 Å². The Kier molecular flexibility index (Phi) is 5.37. The maximum absolute atomic E-state index is 6.77. The lowest BCUT2D eigenvalue weighted by Gasteiger charge is -2.30. The smallest absolute Gasteiger partial charge is 0.178 e. The Labute approximate surface area is 277 Å². The molecule has 0 saturated carbocycles. The first-order chi connectivity index (χ1) is 23.8. The van der Waals surface area contributed by atoms with E-state index in [2.05, 4.69) is 146 Å². The summed E-state index contributed by atoms with van der Waals surface area (Å²) in [6.45, 7) is 0. The van der Waals surface area contributed by atoms with Gasteiger partial charge in [0, 0.05) is 28.2 Å². The molecule has 0 N–H and O–H groups in total. The highest BCUT2D eigenvalue weighted by molar-refractivity contribution is 6.22. The molecule has 1 aliphatic heterocycles. The molecular formula is C46H30O2. The largest absolute Gasteiger partial charge is 0.457 e. The topological polar surface area (TPSA) is 22.4 Å². The molecule has 2 heterocycles. The minimum atomic E-state index is 0.103. The van der Waals surface area contributed by atoms with Crippen molar-refractivity contribution in [3.63, 3.8) is 0 Å². The van der Waals surface area contributed by atoms with Gasteiger partial charge in [0.15, 0.2) is 11.3 Å². The molecule has 0 spiro atoms. The number of hydrogen-bond acceptors (Lipinski definition) is 2. The van der Waals surface area contributed by atoms with Gasteiger partial charge in [0.05, 0.1) is 5.92 Å². The van der Waals surface area contributed by atoms with Crippen LogP contribution in [0.15, 0.2) is 162 Å². The van der Waals surface area contributed by atoms with E-state index in [0.29, 0.717) is 11.8 Å². The van der Waals surface area contributed by atoms with Gasteiger partial charge in [0.1, 0.15) is 11.3 Å². The molecule has 226 valence electrons. The normalized spacial score (nSPS) is 20.9. The van der Waals surface area contributed by atoms with Gasteiger partial charge >= 0.3 is 0 Å². The first-order valence-corrected chi connectivity index (χ1v) is 17.0. The minimum Gasteiger partial charge on any atom is -0.457 e. The SMILES string of the molecule is C1=CC2C=CC=C(c3c4ccccc4c(C4=CC=C5Oc6c(c7ccccc7c7c6oc6ccccc67)C5C4)c4ccccc34)C2C=C1. The second-order valence-electron chi connectivity index (χ2n) is 13.4. The molecule has 2 nitrogen and oxygen atoms in total. The molecular weight excluding hydrogens is 585 g/mol. The van der Waals surface area contributed by atoms with Crippen LogP contribution in [0, 0.1) is 11.8 Å². The van der Waals surface area contributed by atoms with Gasteiger partial charge in [-0.2, -0.15) is 0 Å². The van der Waals surface area contributed by atoms with Gasteiger partial charge in [-0.05, 0) is 73.2 Å². The molecule has 11 rings (SSSR count). The number of furan rings is 1. The summed E-state index contributed by atoms with van der Waals surface area (Å²) in [7, 11) is 0. The van der Waals surface area contributed by atoms with Crippen LogP contribution in [0.2, 0.25) is 0 Å². The van der Waals surface area contributed by atoms with E-state index in [9.17, 15) is 0 Å². The molecule has 6 aromatic carbocycles. The van der Waals surface area contributed by atoms with Crippen LogP contribution in [0.1, 0.15) is 29.0 Å². The van der Waals surface area contributed by atoms with Crippen molar-refractivity contribution in [1.29, 1.82) is 0 Å². The molecule has 0 saturated heterocycles. The van der Waals surface area contributed by atoms with Crippen molar-refractivity contribution in [1.82, 2.24) is 0 Å². The zero-order valence-electron chi connectivity index (χ0n) is 26.2. The molecule has 1 aromatic heterocycles. The monoisotopic (exact) mass is 614 g/mol. The fourth-order valence-corrected chi connectivity index (χ4v) is 8.99. The molecule has 48 heavy (non-hydrogen) atoms. The quantitative estimate of drug-likeness (QED) is 0.181. The summed E-state index contributed by atoms with van der Waals surface area (Å²) in [6, 6.07) is 35.1. The summed E-state index contributed by atoms with van der Waals surface area (Å²) in [5.74, 6) is 2.68. The second-order valence-corrected chi connectivity index (χ2v) is 13.4. The molecule has 3 aliphatic carbocycles. The third kappa shape index (κ3) is 3.52. The summed E-state index contributed by atoms with van der Waals surface area (Å²) in [6.07, 6.45) is 21.4. The number of rotatable bonds is 2. The Morgan fingerprint density at radius 1 is 0.542 bits per heavy atom. The van der Waals surface area contributed by atoms with Crippen molar-refractivity contribution in [3.05, 3.63) is 174 Å². The van der Waals surface area contributed by atoms with Crippen molar-refractivity contribution in [2.24, 2.45) is 11.8 Å². The minimum absolute atomic E-state index is 0.103. The van der Waals surface area contributed by atoms with Gasteiger partial charge in [-0.25, -0.2) is 0 Å². The molecule has 2 heteroatoms. The van der Waals surface area contributed by atoms with E-state index in [-0.39, 0.29) is 5.92 Å². The Morgan fingerprint density at radius 3 is 1.94 bits per heavy atom. The molecule has 4 aliphatic rings. The van der Waals surface area contributed by atoms with Crippen LogP contribution in [0.5, 0.6) is 5.75 Å². The predicted octanol–water partition coefficient (Wildman–Crippen LogP) is 12.2. The summed E-state index contributed by atoms with van der Waals surface area (Å²) in [5, 5.41) is 9.94. The summed E-state index contributed by atoms with van der Waals surface area (Å²) < 4.78 is 13.3. The molecule has 0 amide bonds. The lowest BCUT2D eigenvalue weighted by atomic mass is 9.73. The number of fused-ring (bicyclic) bond motifs is 13. The maximum atomic E-state index is 6.77. The van der Waals surface area contributed by atoms with Crippen molar-refractivity contribution in [3.8, 4) is 5.75 Å². The van der Waals surface area contributed by atoms with Gasteiger partial charge < -0.3 is 9.15 Å². The third-order valence-electron chi connectivity index (χ3n) is 11.0. The fourth-order valence-electron chi connectivity index (χ4n) is 8.99. The number of allylic oxidation sites excluding steroid dienone is 12. The predicted molar refractivity (Wildman–Crippen MR) is 199 cm³/mol. The van der Waals surface area contributed by atoms with E-state index < -0.39 is 0 Å². The van der Waals surface area contributed by atoms with Crippen molar-refractivity contribution in [2.45, 2.75) is 12.3 Å². The Balaban J connectivity index is 1.12. The molecule has 7 aromatic rings. The van der Waals surface area contributed by atoms with E-state index in [1.165, 1.54) is 60.2 Å². The molecule has 0 radical (unpaired) electrons. The molecule has 3 unspecified atom stereocenters. The Morgan fingerprint density at radius 2 is 1.17 bits per heavy atom. The van der Waals surface area contributed by atoms with E-state index in [1.54, 1.807) is 0 Å². The molecule has 0 bridgehead atoms. The average molecular weight is 615 g/mol. The van der Waals surface area contributed by atoms with Crippen molar-refractivity contribution in [2.75, 3.05) is 0 Å². The maximum Gasteiger partial charge on any atom is 0.178 e. The standard InChI is InChI=1S/C46H30O2/c1-2-14-29-27(12-1)13-11-22-30(29)42-33-17-5-3-15-31(33)41(32-16-4-6-18-34(32)42)28-24-25-40-38(26-28)44-36-20-8-7-19-35(36)43-37-21-9-10-23-39(37)47-45(43)46(44)48-40/h1-25,27,29,38H,26H2. The van der Waals surface area contributed by atoms with Crippen molar-refractivity contribution < 1.29 is 9.15 Å². The van der Waals surface area contributed by atoms with Crippen LogP contribution in [0.25, 0.3) is 65.4 Å². The van der Waals surface area contributed by atoms with Crippen LogP contribution in [-0.2, 0) is 0 Å². The van der Waals surface area contributed by atoms with E-state index >= 15 is 0 Å². The summed E-state index contributed by atoms with van der Waals surface area (Å²) in [4.78, 5) is 0. The van der Waals surface area contributed by atoms with Crippen LogP contribution in [0.3, 0.4) is 0 Å². The van der Waals surface area contributed by atoms with Crippen LogP contribution >= 0.6 is 0 Å². The number of hydrogen-bond donors (Lipinski definition) is 0. The van der Waals surface area contributed by atoms with E-state index in [0.717, 1.165) is 39.9 Å². The summed E-state index contributed by atoms with van der Waals surface area (Å²) in [5.41, 5.74) is 8.38. The highest BCUT2D eigenvalue weighted by Crippen LogP contribution is 2.56. The van der Waals surface area contributed by atoms with E-state index in [1.807, 2.05) is 6.07 Å². The second kappa shape index (κ2) is 9.82. The van der Waals surface area contributed by atoms with E-state index in [4.69, 9.17) is 9.15 Å². The third-order valence-corrected chi connectivity index (χ3v) is 11.0. The van der Waals surface area contributed by atoms with Crippen LogP contribution in [-0.4, -0.2) is 0 Å². The zero-order chi connectivity index (χ0) is 31.3. The average Bonchev–Trinajstić information content (AvgIpc) is 3.73. The molecule has 0 fully saturated rings. The Hall–Kier alpha value is -5.86. The van der Waals surface area contributed by atoms with Gasteiger partial charge in [0.25, 0.3) is 0 Å². The number of para-hydroxylation sites is 1. The molecule has 3 atom stereocenters. The van der Waals surface area contributed by atoms with Crippen LogP contribution < -0.4 is 4.74 Å². The first-order valence-electron chi connectivity index (χ1n) is 17.0. The highest BCUT2D eigenvalue weighted by Gasteiger charge is 2.38. The first kappa shape index (κ1) is 26.2.